The molecular weight excluding hydrogens is 253 g/mol. The number of hydrogen-bond acceptors (Lipinski definition) is 4. The third-order valence-corrected chi connectivity index (χ3v) is 1.77. The first-order chi connectivity index (χ1) is 7.13. The van der Waals surface area contributed by atoms with Crippen LogP contribution in [-0.4, -0.2) is 18.7 Å². The number of hydrogen-bond donors (Lipinski definition) is 1. The number of rotatable bonds is 2. The topological polar surface area (TPSA) is 59.4 Å². The summed E-state index contributed by atoms with van der Waals surface area (Å²) in [5.74, 6) is -0.282. The molecule has 0 saturated carbocycles. The Kier molecular flexibility index (Phi) is 6.53. The summed E-state index contributed by atoms with van der Waals surface area (Å²) < 4.78 is 9.12. The lowest BCUT2D eigenvalue weighted by molar-refractivity contribution is 0.100. The highest BCUT2D eigenvalue weighted by Gasteiger charge is 2.09. The molecule has 0 heterocycles. The number of ether oxygens (including phenoxy) is 2. The van der Waals surface area contributed by atoms with Crippen LogP contribution in [0.15, 0.2) is 24.3 Å². The number of carbonyl (C=O) groups excluding carboxylic acids is 1. The zero-order chi connectivity index (χ0) is 11.3. The highest BCUT2D eigenvalue weighted by atomic mass is 35.5. The van der Waals surface area contributed by atoms with Crippen molar-refractivity contribution in [2.75, 3.05) is 6.61 Å². The molecule has 0 amide bonds. The molecule has 0 aliphatic carbocycles. The van der Waals surface area contributed by atoms with Crippen LogP contribution in [0.1, 0.15) is 12.5 Å². The SMILES string of the molecule is CCOC(=O)OC(=N)c1cccc(Cl)c1.Cl. The minimum absolute atomic E-state index is 0. The second kappa shape index (κ2) is 7.09. The molecule has 1 aromatic rings. The van der Waals surface area contributed by atoms with Gasteiger partial charge in [0.15, 0.2) is 0 Å². The molecule has 88 valence electrons. The molecule has 0 spiro atoms. The maximum Gasteiger partial charge on any atom is 0.515 e. The molecule has 0 aliphatic rings. The summed E-state index contributed by atoms with van der Waals surface area (Å²) in [4.78, 5) is 10.9. The third kappa shape index (κ3) is 4.51. The van der Waals surface area contributed by atoms with E-state index in [1.165, 1.54) is 6.07 Å². The maximum atomic E-state index is 10.9. The van der Waals surface area contributed by atoms with Crippen LogP contribution in [0.5, 0.6) is 0 Å². The van der Waals surface area contributed by atoms with E-state index < -0.39 is 6.16 Å². The van der Waals surface area contributed by atoms with Gasteiger partial charge < -0.3 is 9.47 Å². The van der Waals surface area contributed by atoms with E-state index in [0.717, 1.165) is 0 Å². The van der Waals surface area contributed by atoms with Gasteiger partial charge in [-0.2, -0.15) is 0 Å². The summed E-state index contributed by atoms with van der Waals surface area (Å²) in [7, 11) is 0. The number of benzene rings is 1. The molecule has 6 heteroatoms. The number of nitrogens with one attached hydrogen (secondary N) is 1. The average Bonchev–Trinajstić information content (AvgIpc) is 2.18. The monoisotopic (exact) mass is 263 g/mol. The van der Waals surface area contributed by atoms with E-state index in [1.54, 1.807) is 25.1 Å². The first-order valence-corrected chi connectivity index (χ1v) is 4.70. The van der Waals surface area contributed by atoms with E-state index >= 15 is 0 Å². The van der Waals surface area contributed by atoms with Crippen LogP contribution < -0.4 is 0 Å². The van der Waals surface area contributed by atoms with Gasteiger partial charge in [-0.15, -0.1) is 12.4 Å². The quantitative estimate of drug-likeness (QED) is 0.506. The molecule has 0 radical (unpaired) electrons. The Balaban J connectivity index is 0.00000225. The predicted octanol–water partition coefficient (Wildman–Crippen LogP) is 3.26. The zero-order valence-corrected chi connectivity index (χ0v) is 10.1. The van der Waals surface area contributed by atoms with Gasteiger partial charge in [0, 0.05) is 10.6 Å². The smallest absolute Gasteiger partial charge is 0.434 e. The fraction of sp³-hybridized carbons (Fsp3) is 0.200. The maximum absolute atomic E-state index is 10.9. The molecule has 4 nitrogen and oxygen atoms in total. The van der Waals surface area contributed by atoms with Gasteiger partial charge in [-0.05, 0) is 25.1 Å². The standard InChI is InChI=1S/C10H10ClNO3.ClH/c1-2-14-10(13)15-9(12)7-4-3-5-8(11)6-7;/h3-6,12H,2H2,1H3;1H. The van der Waals surface area contributed by atoms with E-state index in [1.807, 2.05) is 0 Å². The second-order valence-electron chi connectivity index (χ2n) is 2.62. The molecule has 0 saturated heterocycles. The van der Waals surface area contributed by atoms with E-state index in [9.17, 15) is 4.79 Å². The summed E-state index contributed by atoms with van der Waals surface area (Å²) in [6.07, 6.45) is -0.887. The van der Waals surface area contributed by atoms with Crippen molar-refractivity contribution in [3.63, 3.8) is 0 Å². The Morgan fingerprint density at radius 3 is 2.75 bits per heavy atom. The van der Waals surface area contributed by atoms with Crippen molar-refractivity contribution in [1.82, 2.24) is 0 Å². The minimum atomic E-state index is -0.887. The predicted molar refractivity (Wildman–Crippen MR) is 63.6 cm³/mol. The highest BCUT2D eigenvalue weighted by Crippen LogP contribution is 2.11. The molecular formula is C10H11Cl2NO3. The van der Waals surface area contributed by atoms with Crippen molar-refractivity contribution in [3.8, 4) is 0 Å². The van der Waals surface area contributed by atoms with Gasteiger partial charge in [0.25, 0.3) is 0 Å². The van der Waals surface area contributed by atoms with Crippen LogP contribution in [0.4, 0.5) is 4.79 Å². The lowest BCUT2D eigenvalue weighted by atomic mass is 10.2. The summed E-state index contributed by atoms with van der Waals surface area (Å²) >= 11 is 5.72. The van der Waals surface area contributed by atoms with Crippen LogP contribution in [0.2, 0.25) is 5.02 Å². The van der Waals surface area contributed by atoms with Gasteiger partial charge in [-0.3, -0.25) is 5.41 Å². The second-order valence-corrected chi connectivity index (χ2v) is 3.06. The lowest BCUT2D eigenvalue weighted by Gasteiger charge is -2.05. The van der Waals surface area contributed by atoms with Gasteiger partial charge in [0.2, 0.25) is 5.90 Å². The molecule has 0 atom stereocenters. The largest absolute Gasteiger partial charge is 0.515 e. The fourth-order valence-electron chi connectivity index (χ4n) is 0.919. The van der Waals surface area contributed by atoms with E-state index in [4.69, 9.17) is 17.0 Å². The van der Waals surface area contributed by atoms with Crippen molar-refractivity contribution in [3.05, 3.63) is 34.9 Å². The summed E-state index contributed by atoms with van der Waals surface area (Å²) in [6.45, 7) is 1.87. The van der Waals surface area contributed by atoms with Crippen molar-refractivity contribution in [1.29, 1.82) is 5.41 Å². The first kappa shape index (κ1) is 14.7. The first-order valence-electron chi connectivity index (χ1n) is 4.32. The Bertz CT molecular complexity index is 382. The molecule has 1 aromatic carbocycles. The van der Waals surface area contributed by atoms with Crippen LogP contribution in [0.3, 0.4) is 0 Å². The van der Waals surface area contributed by atoms with Crippen molar-refractivity contribution >= 4 is 36.1 Å². The number of halogens is 2. The van der Waals surface area contributed by atoms with E-state index in [-0.39, 0.29) is 24.9 Å². The van der Waals surface area contributed by atoms with Gasteiger partial charge >= 0.3 is 6.16 Å². The fourth-order valence-corrected chi connectivity index (χ4v) is 1.11. The molecule has 0 bridgehead atoms. The van der Waals surface area contributed by atoms with Gasteiger partial charge in [0.1, 0.15) is 0 Å². The van der Waals surface area contributed by atoms with Crippen molar-refractivity contribution in [2.24, 2.45) is 0 Å². The highest BCUT2D eigenvalue weighted by molar-refractivity contribution is 6.30. The van der Waals surface area contributed by atoms with E-state index in [2.05, 4.69) is 9.47 Å². The van der Waals surface area contributed by atoms with Gasteiger partial charge in [-0.25, -0.2) is 4.79 Å². The Labute approximate surface area is 104 Å². The van der Waals surface area contributed by atoms with E-state index in [0.29, 0.717) is 10.6 Å². The third-order valence-electron chi connectivity index (χ3n) is 1.53. The normalized spacial score (nSPS) is 8.88. The molecule has 1 rings (SSSR count). The summed E-state index contributed by atoms with van der Waals surface area (Å²) in [6, 6.07) is 6.49. The molecule has 0 aromatic heterocycles. The average molecular weight is 264 g/mol. The molecule has 0 aliphatic heterocycles. The van der Waals surface area contributed by atoms with Gasteiger partial charge in [-0.1, -0.05) is 17.7 Å². The molecule has 0 fully saturated rings. The molecule has 16 heavy (non-hydrogen) atoms. The summed E-state index contributed by atoms with van der Waals surface area (Å²) in [5, 5.41) is 7.93. The van der Waals surface area contributed by atoms with Crippen LogP contribution in [-0.2, 0) is 9.47 Å². The molecule has 0 unspecified atom stereocenters. The molecule has 1 N–H and O–H groups in total. The van der Waals surface area contributed by atoms with Crippen LogP contribution in [0, 0.1) is 5.41 Å². The lowest BCUT2D eigenvalue weighted by Crippen LogP contribution is -2.13. The Hall–Kier alpha value is -1.26. The van der Waals surface area contributed by atoms with Crippen LogP contribution in [0.25, 0.3) is 0 Å². The van der Waals surface area contributed by atoms with Gasteiger partial charge in [0.05, 0.1) is 6.61 Å². The van der Waals surface area contributed by atoms with Crippen molar-refractivity contribution < 1.29 is 14.3 Å². The minimum Gasteiger partial charge on any atom is -0.434 e. The Morgan fingerprint density at radius 2 is 2.19 bits per heavy atom. The Morgan fingerprint density at radius 1 is 1.50 bits per heavy atom. The van der Waals surface area contributed by atoms with Crippen molar-refractivity contribution in [2.45, 2.75) is 6.92 Å². The van der Waals surface area contributed by atoms with Crippen LogP contribution >= 0.6 is 24.0 Å². The number of carbonyl (C=O) groups is 1. The summed E-state index contributed by atoms with van der Waals surface area (Å²) in [5.41, 5.74) is 0.426. The zero-order valence-electron chi connectivity index (χ0n) is 8.53.